The number of rotatable bonds is 7. The topological polar surface area (TPSA) is 28.0 Å². The van der Waals surface area contributed by atoms with Gasteiger partial charge in [-0.1, -0.05) is 110 Å². The second kappa shape index (κ2) is 12.8. The molecule has 0 unspecified atom stereocenters. The van der Waals surface area contributed by atoms with Gasteiger partial charge in [0.15, 0.2) is 0 Å². The number of para-hydroxylation sites is 3. The summed E-state index contributed by atoms with van der Waals surface area (Å²) in [6.45, 7) is 26.7. The molecule has 208 valence electrons. The van der Waals surface area contributed by atoms with E-state index in [0.717, 1.165) is 23.0 Å². The van der Waals surface area contributed by atoms with Gasteiger partial charge in [0.1, 0.15) is 11.7 Å². The predicted molar refractivity (Wildman–Crippen MR) is 173 cm³/mol. The third-order valence-electron chi connectivity index (χ3n) is 7.54. The minimum Gasteiger partial charge on any atom is -0.286 e. The summed E-state index contributed by atoms with van der Waals surface area (Å²) in [5.74, 6) is 3.33. The summed E-state index contributed by atoms with van der Waals surface area (Å²) < 4.78 is 0. The molecule has 0 heterocycles. The maximum absolute atomic E-state index is 5.45. The first-order valence-electron chi connectivity index (χ1n) is 14.6. The molecule has 0 radical (unpaired) electrons. The number of anilines is 1. The van der Waals surface area contributed by atoms with Gasteiger partial charge in [-0.3, -0.25) is 4.90 Å². The van der Waals surface area contributed by atoms with Gasteiger partial charge in [-0.2, -0.15) is 0 Å². The van der Waals surface area contributed by atoms with E-state index in [-0.39, 0.29) is 0 Å². The fourth-order valence-electron chi connectivity index (χ4n) is 5.37. The van der Waals surface area contributed by atoms with Gasteiger partial charge in [0.05, 0.1) is 17.1 Å². The normalized spacial score (nSPS) is 12.8. The number of aliphatic imine (C=N–C) groups is 2. The molecule has 0 aliphatic rings. The lowest BCUT2D eigenvalue weighted by molar-refractivity contribution is 0.831. The molecule has 0 aliphatic carbocycles. The van der Waals surface area contributed by atoms with E-state index in [1.807, 2.05) is 0 Å². The van der Waals surface area contributed by atoms with Crippen LogP contribution in [0.2, 0.25) is 0 Å². The van der Waals surface area contributed by atoms with Crippen molar-refractivity contribution in [1.82, 2.24) is 0 Å². The number of amidine groups is 2. The summed E-state index contributed by atoms with van der Waals surface area (Å²) in [4.78, 5) is 13.0. The lowest BCUT2D eigenvalue weighted by Crippen LogP contribution is -2.35. The number of nitrogens with zero attached hydrogens (tertiary/aromatic N) is 3. The first-order valence-corrected chi connectivity index (χ1v) is 14.6. The van der Waals surface area contributed by atoms with Gasteiger partial charge in [0.2, 0.25) is 0 Å². The molecule has 0 saturated heterocycles. The van der Waals surface area contributed by atoms with E-state index >= 15 is 0 Å². The predicted octanol–water partition coefficient (Wildman–Crippen LogP) is 11.1. The lowest BCUT2D eigenvalue weighted by Gasteiger charge is -2.32. The molecule has 0 fully saturated rings. The molecule has 39 heavy (non-hydrogen) atoms. The van der Waals surface area contributed by atoms with Crippen molar-refractivity contribution >= 4 is 28.7 Å². The molecule has 3 heteroatoms. The Morgan fingerprint density at radius 3 is 1.23 bits per heavy atom. The summed E-state index contributed by atoms with van der Waals surface area (Å²) >= 11 is 0. The van der Waals surface area contributed by atoms with Crippen molar-refractivity contribution in [2.75, 3.05) is 4.90 Å². The molecule has 3 nitrogen and oxygen atoms in total. The van der Waals surface area contributed by atoms with Crippen LogP contribution in [-0.4, -0.2) is 11.7 Å². The standard InChI is InChI=1S/C36H49N3/c1-22(2)30-18-14-19-31(23(3)4)35(30)38-29(12)39(28(11)37-34-26(9)16-13-17-27(34)10)36-32(24(5)6)20-15-21-33(36)25(7)8/h13-25H,1-12H3. The van der Waals surface area contributed by atoms with E-state index in [4.69, 9.17) is 9.98 Å². The summed E-state index contributed by atoms with van der Waals surface area (Å²) in [6.07, 6.45) is 0. The Morgan fingerprint density at radius 1 is 0.513 bits per heavy atom. The number of benzene rings is 3. The fraction of sp³-hybridized carbons (Fsp3) is 0.444. The Balaban J connectivity index is 2.41. The molecular formula is C36H49N3. The van der Waals surface area contributed by atoms with Crippen LogP contribution in [0.25, 0.3) is 0 Å². The van der Waals surface area contributed by atoms with E-state index in [1.54, 1.807) is 0 Å². The van der Waals surface area contributed by atoms with Crippen LogP contribution in [0.3, 0.4) is 0 Å². The second-order valence-electron chi connectivity index (χ2n) is 12.1. The van der Waals surface area contributed by atoms with E-state index in [2.05, 4.69) is 143 Å². The average Bonchev–Trinajstić information content (AvgIpc) is 2.86. The zero-order valence-corrected chi connectivity index (χ0v) is 26.3. The number of hydrogen-bond donors (Lipinski definition) is 0. The number of hydrogen-bond acceptors (Lipinski definition) is 2. The first kappa shape index (κ1) is 30.3. The summed E-state index contributed by atoms with van der Waals surface area (Å²) in [5.41, 5.74) is 10.9. The van der Waals surface area contributed by atoms with Crippen LogP contribution >= 0.6 is 0 Å². The Hall–Kier alpha value is -3.20. The number of aryl methyl sites for hydroxylation is 2. The van der Waals surface area contributed by atoms with E-state index < -0.39 is 0 Å². The molecule has 0 atom stereocenters. The largest absolute Gasteiger partial charge is 0.286 e. The molecule has 0 aromatic heterocycles. The summed E-state index contributed by atoms with van der Waals surface area (Å²) in [5, 5.41) is 0. The molecule has 3 rings (SSSR count). The SMILES string of the molecule is CC(=Nc1c(C)cccc1C)N(C(C)=Nc1c(C(C)C)cccc1C(C)C)c1c(C(C)C)cccc1C(C)C. The second-order valence-corrected chi connectivity index (χ2v) is 12.1. The van der Waals surface area contributed by atoms with Crippen LogP contribution in [-0.2, 0) is 0 Å². The monoisotopic (exact) mass is 523 g/mol. The Kier molecular flexibility index (Phi) is 9.93. The smallest absolute Gasteiger partial charge is 0.112 e. The zero-order valence-electron chi connectivity index (χ0n) is 26.3. The van der Waals surface area contributed by atoms with Crippen molar-refractivity contribution in [3.05, 3.63) is 88.0 Å². The van der Waals surface area contributed by atoms with Crippen LogP contribution in [0.5, 0.6) is 0 Å². The van der Waals surface area contributed by atoms with Crippen molar-refractivity contribution in [3.8, 4) is 0 Å². The molecule has 0 spiro atoms. The molecule has 0 bridgehead atoms. The molecule has 0 amide bonds. The van der Waals surface area contributed by atoms with Crippen molar-refractivity contribution in [2.24, 2.45) is 9.98 Å². The zero-order chi connectivity index (χ0) is 29.0. The van der Waals surface area contributed by atoms with Gasteiger partial charge < -0.3 is 0 Å². The minimum absolute atomic E-state index is 0.358. The van der Waals surface area contributed by atoms with E-state index in [0.29, 0.717) is 23.7 Å². The third-order valence-corrected chi connectivity index (χ3v) is 7.54. The Labute approximate surface area is 238 Å². The lowest BCUT2D eigenvalue weighted by atomic mass is 9.91. The van der Waals surface area contributed by atoms with Gasteiger partial charge in [-0.05, 0) is 84.7 Å². The van der Waals surface area contributed by atoms with Crippen LogP contribution < -0.4 is 4.90 Å². The molecule has 0 N–H and O–H groups in total. The summed E-state index contributed by atoms with van der Waals surface area (Å²) in [7, 11) is 0. The first-order chi connectivity index (χ1) is 18.3. The van der Waals surface area contributed by atoms with Crippen LogP contribution in [0.15, 0.2) is 64.6 Å². The van der Waals surface area contributed by atoms with Gasteiger partial charge in [0, 0.05) is 0 Å². The Morgan fingerprint density at radius 2 is 0.846 bits per heavy atom. The molecular weight excluding hydrogens is 474 g/mol. The average molecular weight is 524 g/mol. The highest BCUT2D eigenvalue weighted by molar-refractivity contribution is 6.19. The minimum atomic E-state index is 0.358. The third kappa shape index (κ3) is 6.69. The highest BCUT2D eigenvalue weighted by atomic mass is 15.2. The van der Waals surface area contributed by atoms with Gasteiger partial charge >= 0.3 is 0 Å². The van der Waals surface area contributed by atoms with Crippen molar-refractivity contribution < 1.29 is 0 Å². The van der Waals surface area contributed by atoms with Crippen molar-refractivity contribution in [2.45, 2.75) is 107 Å². The van der Waals surface area contributed by atoms with Gasteiger partial charge in [-0.25, -0.2) is 9.98 Å². The Bertz CT molecular complexity index is 1280. The molecule has 3 aromatic carbocycles. The molecule has 0 aliphatic heterocycles. The quantitative estimate of drug-likeness (QED) is 0.223. The van der Waals surface area contributed by atoms with Crippen LogP contribution in [0.4, 0.5) is 17.1 Å². The van der Waals surface area contributed by atoms with Crippen molar-refractivity contribution in [1.29, 1.82) is 0 Å². The maximum Gasteiger partial charge on any atom is 0.112 e. The van der Waals surface area contributed by atoms with Gasteiger partial charge in [0.25, 0.3) is 0 Å². The van der Waals surface area contributed by atoms with E-state index in [1.165, 1.54) is 39.1 Å². The molecule has 3 aromatic rings. The highest BCUT2D eigenvalue weighted by Gasteiger charge is 2.25. The maximum atomic E-state index is 5.45. The van der Waals surface area contributed by atoms with Crippen molar-refractivity contribution in [3.63, 3.8) is 0 Å². The van der Waals surface area contributed by atoms with Crippen LogP contribution in [0, 0.1) is 13.8 Å². The fourth-order valence-corrected chi connectivity index (χ4v) is 5.37. The van der Waals surface area contributed by atoms with Crippen LogP contribution in [0.1, 0.15) is 126 Å². The summed E-state index contributed by atoms with van der Waals surface area (Å²) in [6, 6.07) is 19.7. The van der Waals surface area contributed by atoms with E-state index in [9.17, 15) is 0 Å². The van der Waals surface area contributed by atoms with Gasteiger partial charge in [-0.15, -0.1) is 0 Å². The highest BCUT2D eigenvalue weighted by Crippen LogP contribution is 2.39. The molecule has 0 saturated carbocycles.